The van der Waals surface area contributed by atoms with Crippen molar-refractivity contribution in [3.63, 3.8) is 0 Å². The first-order valence-corrected chi connectivity index (χ1v) is 5.59. The van der Waals surface area contributed by atoms with Crippen LogP contribution in [0.25, 0.3) is 5.65 Å². The third-order valence-corrected chi connectivity index (χ3v) is 2.49. The van der Waals surface area contributed by atoms with Crippen molar-refractivity contribution in [1.82, 2.24) is 14.6 Å². The topological polar surface area (TPSA) is 77.5 Å². The van der Waals surface area contributed by atoms with Crippen LogP contribution in [0.5, 0.6) is 0 Å². The number of nitrogens with two attached hydrogens (primary N) is 1. The largest absolute Gasteiger partial charge is 0.383 e. The summed E-state index contributed by atoms with van der Waals surface area (Å²) in [6, 6.07) is 3.93. The van der Waals surface area contributed by atoms with Crippen LogP contribution in [0.15, 0.2) is 24.5 Å². The Hall–Kier alpha value is -1.66. The summed E-state index contributed by atoms with van der Waals surface area (Å²) >= 11 is 0. The van der Waals surface area contributed by atoms with Crippen molar-refractivity contribution in [2.75, 3.05) is 25.6 Å². The second-order valence-electron chi connectivity index (χ2n) is 3.82. The van der Waals surface area contributed by atoms with Gasteiger partial charge in [0, 0.05) is 19.4 Å². The minimum absolute atomic E-state index is 0.183. The van der Waals surface area contributed by atoms with Gasteiger partial charge in [-0.2, -0.15) is 5.10 Å². The van der Waals surface area contributed by atoms with E-state index >= 15 is 0 Å². The first-order chi connectivity index (χ1) is 8.33. The van der Waals surface area contributed by atoms with E-state index in [4.69, 9.17) is 10.5 Å². The molecule has 17 heavy (non-hydrogen) atoms. The minimum atomic E-state index is 0.183. The average molecular weight is 235 g/mol. The third kappa shape index (κ3) is 2.92. The molecule has 1 unspecified atom stereocenters. The van der Waals surface area contributed by atoms with Crippen LogP contribution >= 0.6 is 0 Å². The summed E-state index contributed by atoms with van der Waals surface area (Å²) in [7, 11) is 1.68. The van der Waals surface area contributed by atoms with Crippen molar-refractivity contribution in [2.45, 2.75) is 12.5 Å². The number of aromatic nitrogens is 3. The lowest BCUT2D eigenvalue weighted by molar-refractivity contribution is 0.183. The van der Waals surface area contributed by atoms with E-state index in [9.17, 15) is 0 Å². The quantitative estimate of drug-likeness (QED) is 0.762. The highest BCUT2D eigenvalue weighted by Crippen LogP contribution is 2.08. The van der Waals surface area contributed by atoms with Crippen LogP contribution < -0.4 is 11.1 Å². The molecule has 2 aromatic rings. The second kappa shape index (κ2) is 5.60. The third-order valence-electron chi connectivity index (χ3n) is 2.49. The van der Waals surface area contributed by atoms with Crippen LogP contribution in [0.1, 0.15) is 6.42 Å². The van der Waals surface area contributed by atoms with Gasteiger partial charge in [0.2, 0.25) is 0 Å². The number of nitrogens with one attached hydrogen (secondary N) is 1. The van der Waals surface area contributed by atoms with E-state index in [1.165, 1.54) is 0 Å². The number of ether oxygens (including phenoxy) is 1. The number of hydrogen-bond donors (Lipinski definition) is 2. The molecule has 0 saturated heterocycles. The van der Waals surface area contributed by atoms with Gasteiger partial charge >= 0.3 is 0 Å². The van der Waals surface area contributed by atoms with Crippen LogP contribution in [0.4, 0.5) is 5.82 Å². The fraction of sp³-hybridized carbons (Fsp3) is 0.455. The van der Waals surface area contributed by atoms with E-state index < -0.39 is 0 Å². The van der Waals surface area contributed by atoms with Gasteiger partial charge in [-0.1, -0.05) is 0 Å². The molecule has 1 atom stereocenters. The summed E-state index contributed by atoms with van der Waals surface area (Å²) in [6.45, 7) is 1.24. The summed E-state index contributed by atoms with van der Waals surface area (Å²) in [5.74, 6) is 0.813. The molecule has 0 bridgehead atoms. The van der Waals surface area contributed by atoms with Gasteiger partial charge in [0.25, 0.3) is 0 Å². The SMILES string of the molecule is COCC(CCN)Nc1ccn2nccc2n1. The molecule has 0 aliphatic rings. The monoisotopic (exact) mass is 235 g/mol. The van der Waals surface area contributed by atoms with Crippen LogP contribution in [-0.2, 0) is 4.74 Å². The van der Waals surface area contributed by atoms with Crippen molar-refractivity contribution in [3.05, 3.63) is 24.5 Å². The minimum Gasteiger partial charge on any atom is -0.383 e. The fourth-order valence-electron chi connectivity index (χ4n) is 1.70. The molecule has 3 N–H and O–H groups in total. The van der Waals surface area contributed by atoms with Crippen LogP contribution in [0.3, 0.4) is 0 Å². The number of methoxy groups -OCH3 is 1. The molecule has 6 heteroatoms. The zero-order valence-corrected chi connectivity index (χ0v) is 9.84. The van der Waals surface area contributed by atoms with Crippen LogP contribution in [-0.4, -0.2) is 40.9 Å². The molecule has 92 valence electrons. The number of rotatable bonds is 6. The molecule has 0 fully saturated rings. The van der Waals surface area contributed by atoms with Crippen LogP contribution in [0, 0.1) is 0 Å². The van der Waals surface area contributed by atoms with Crippen molar-refractivity contribution < 1.29 is 4.74 Å². The maximum absolute atomic E-state index is 5.56. The number of nitrogens with zero attached hydrogens (tertiary/aromatic N) is 3. The Bertz CT molecular complexity index is 464. The molecule has 0 radical (unpaired) electrons. The van der Waals surface area contributed by atoms with Gasteiger partial charge in [-0.05, 0) is 19.0 Å². The van der Waals surface area contributed by atoms with Gasteiger partial charge in [0.1, 0.15) is 5.82 Å². The van der Waals surface area contributed by atoms with Crippen molar-refractivity contribution in [3.8, 4) is 0 Å². The molecule has 0 aliphatic heterocycles. The predicted molar refractivity (Wildman–Crippen MR) is 65.9 cm³/mol. The Morgan fingerprint density at radius 3 is 3.18 bits per heavy atom. The zero-order valence-electron chi connectivity index (χ0n) is 9.84. The number of anilines is 1. The van der Waals surface area contributed by atoms with Gasteiger partial charge in [0.15, 0.2) is 5.65 Å². The summed E-state index contributed by atoms with van der Waals surface area (Å²) in [6.07, 6.45) is 4.44. The van der Waals surface area contributed by atoms with Crippen molar-refractivity contribution >= 4 is 11.5 Å². The van der Waals surface area contributed by atoms with Crippen molar-refractivity contribution in [1.29, 1.82) is 0 Å². The standard InChI is InChI=1S/C11H17N5O/c1-17-8-9(2-5-12)14-10-4-7-16-11(15-10)3-6-13-16/h3-4,6-7,9H,2,5,8,12H2,1H3,(H,14,15). The van der Waals surface area contributed by atoms with Gasteiger partial charge in [-0.3, -0.25) is 0 Å². The van der Waals surface area contributed by atoms with Gasteiger partial charge in [0.05, 0.1) is 18.8 Å². The van der Waals surface area contributed by atoms with E-state index in [1.54, 1.807) is 17.8 Å². The predicted octanol–water partition coefficient (Wildman–Crippen LogP) is 0.505. The normalized spacial score (nSPS) is 12.8. The Morgan fingerprint density at radius 2 is 2.41 bits per heavy atom. The summed E-state index contributed by atoms with van der Waals surface area (Å²) in [5, 5.41) is 7.40. The molecule has 0 saturated carbocycles. The lowest BCUT2D eigenvalue weighted by atomic mass is 10.2. The number of fused-ring (bicyclic) bond motifs is 1. The summed E-state index contributed by atoms with van der Waals surface area (Å²) < 4.78 is 6.86. The fourth-order valence-corrected chi connectivity index (χ4v) is 1.70. The van der Waals surface area contributed by atoms with Crippen LogP contribution in [0.2, 0.25) is 0 Å². The smallest absolute Gasteiger partial charge is 0.157 e. The maximum atomic E-state index is 5.56. The Morgan fingerprint density at radius 1 is 1.53 bits per heavy atom. The van der Waals surface area contributed by atoms with E-state index in [0.29, 0.717) is 13.2 Å². The summed E-state index contributed by atoms with van der Waals surface area (Å²) in [5.41, 5.74) is 6.38. The Balaban J connectivity index is 2.09. The molecular formula is C11H17N5O. The van der Waals surface area contributed by atoms with Gasteiger partial charge < -0.3 is 15.8 Å². The molecule has 0 spiro atoms. The zero-order chi connectivity index (χ0) is 12.1. The molecule has 0 aliphatic carbocycles. The van der Waals surface area contributed by atoms with Gasteiger partial charge in [-0.15, -0.1) is 0 Å². The highest BCUT2D eigenvalue weighted by molar-refractivity contribution is 5.45. The van der Waals surface area contributed by atoms with Crippen molar-refractivity contribution in [2.24, 2.45) is 5.73 Å². The molecule has 2 aromatic heterocycles. The lowest BCUT2D eigenvalue weighted by Crippen LogP contribution is -2.28. The Kier molecular flexibility index (Phi) is 3.89. The van der Waals surface area contributed by atoms with Gasteiger partial charge in [-0.25, -0.2) is 9.50 Å². The summed E-state index contributed by atoms with van der Waals surface area (Å²) in [4.78, 5) is 4.43. The number of hydrogen-bond acceptors (Lipinski definition) is 5. The molecule has 0 amide bonds. The van der Waals surface area contributed by atoms with E-state index in [2.05, 4.69) is 15.4 Å². The molecule has 2 rings (SSSR count). The first-order valence-electron chi connectivity index (χ1n) is 5.59. The molecule has 0 aromatic carbocycles. The van der Waals surface area contributed by atoms with E-state index in [-0.39, 0.29) is 6.04 Å². The van der Waals surface area contributed by atoms with E-state index in [1.807, 2.05) is 18.3 Å². The molecule has 2 heterocycles. The average Bonchev–Trinajstić information content (AvgIpc) is 2.77. The highest BCUT2D eigenvalue weighted by Gasteiger charge is 2.08. The first kappa shape index (κ1) is 11.8. The Labute approximate surface area is 99.8 Å². The highest BCUT2D eigenvalue weighted by atomic mass is 16.5. The maximum Gasteiger partial charge on any atom is 0.157 e. The lowest BCUT2D eigenvalue weighted by Gasteiger charge is -2.17. The second-order valence-corrected chi connectivity index (χ2v) is 3.82. The molecule has 6 nitrogen and oxygen atoms in total. The molecular weight excluding hydrogens is 218 g/mol. The van der Waals surface area contributed by atoms with E-state index in [0.717, 1.165) is 17.9 Å².